The van der Waals surface area contributed by atoms with E-state index in [0.29, 0.717) is 16.6 Å². The van der Waals surface area contributed by atoms with Gasteiger partial charge in [0.05, 0.1) is 0 Å². The van der Waals surface area contributed by atoms with Crippen LogP contribution >= 0.6 is 0 Å². The minimum atomic E-state index is -2.44. The van der Waals surface area contributed by atoms with Gasteiger partial charge in [0.25, 0.3) is 0 Å². The summed E-state index contributed by atoms with van der Waals surface area (Å²) in [7, 11) is 0. The summed E-state index contributed by atoms with van der Waals surface area (Å²) in [6, 6.07) is 0. The normalized spacial score (nSPS) is 57.8. The molecular formula is C31H48N3Re-. The van der Waals surface area contributed by atoms with Crippen molar-refractivity contribution in [3.8, 4) is 0 Å². The van der Waals surface area contributed by atoms with Gasteiger partial charge in [0.1, 0.15) is 0 Å². The summed E-state index contributed by atoms with van der Waals surface area (Å²) in [6.45, 7) is 0. The van der Waals surface area contributed by atoms with Crippen molar-refractivity contribution in [3.05, 3.63) is 7.43 Å². The Balaban J connectivity index is 0.00000196. The second-order valence-electron chi connectivity index (χ2n) is 15.9. The molecule has 12 rings (SSSR count). The van der Waals surface area contributed by atoms with Crippen LogP contribution in [0.4, 0.5) is 0 Å². The molecule has 12 fully saturated rings. The average Bonchev–Trinajstić information content (AvgIpc) is 2.69. The van der Waals surface area contributed by atoms with E-state index >= 15 is 0 Å². The molecule has 0 aliphatic heterocycles. The summed E-state index contributed by atoms with van der Waals surface area (Å²) in [4.78, 5) is 0. The van der Waals surface area contributed by atoms with Crippen LogP contribution in [-0.2, 0) is 16.2 Å². The molecule has 12 aliphatic rings. The summed E-state index contributed by atoms with van der Waals surface area (Å²) in [5, 5.41) is 0. The Kier molecular flexibility index (Phi) is 5.13. The Morgan fingerprint density at radius 1 is 0.343 bits per heavy atom. The Morgan fingerprint density at radius 3 is 0.686 bits per heavy atom. The van der Waals surface area contributed by atoms with E-state index in [1.54, 1.807) is 0 Å². The molecule has 0 N–H and O–H groups in total. The van der Waals surface area contributed by atoms with Gasteiger partial charge in [-0.2, -0.15) is 0 Å². The zero-order chi connectivity index (χ0) is 22.1. The Morgan fingerprint density at radius 2 is 0.514 bits per heavy atom. The van der Waals surface area contributed by atoms with Crippen LogP contribution in [0.5, 0.6) is 0 Å². The van der Waals surface area contributed by atoms with Crippen molar-refractivity contribution in [2.45, 2.75) is 132 Å². The standard InChI is InChI=1S/3C10H15N.CH3.Re/c3*11-10-4-7-1-8(5-10)3-9(2-7)6-10;;/h3*7-9H,1-6H2;1H3;/q;;;-1;. The van der Waals surface area contributed by atoms with Crippen molar-refractivity contribution < 1.29 is 16.2 Å². The van der Waals surface area contributed by atoms with Crippen molar-refractivity contribution in [1.29, 1.82) is 0 Å². The molecule has 0 heterocycles. The SMILES string of the molecule is C1C2CC3CC1CC([N]=[Re](=[N]C14CC5CC(CC(C5)C1)C4)=[N]C14CC5CC(CC(C5)C1)C4)(C2)C3.[CH3-]. The zero-order valence-electron chi connectivity index (χ0n) is 22.1. The molecule has 12 bridgehead atoms. The molecule has 0 saturated heterocycles. The summed E-state index contributed by atoms with van der Waals surface area (Å²) < 4.78 is 18.2. The van der Waals surface area contributed by atoms with Gasteiger partial charge in [0, 0.05) is 0 Å². The van der Waals surface area contributed by atoms with Gasteiger partial charge in [-0.15, -0.1) is 0 Å². The van der Waals surface area contributed by atoms with Gasteiger partial charge in [-0.05, 0) is 0 Å². The Labute approximate surface area is 219 Å². The minimum absolute atomic E-state index is 0. The van der Waals surface area contributed by atoms with Gasteiger partial charge in [0.2, 0.25) is 0 Å². The van der Waals surface area contributed by atoms with E-state index < -0.39 is 16.2 Å². The van der Waals surface area contributed by atoms with E-state index in [9.17, 15) is 0 Å². The third kappa shape index (κ3) is 3.79. The first-order valence-electron chi connectivity index (χ1n) is 15.4. The molecule has 0 amide bonds. The maximum Gasteiger partial charge on any atom is -0.358 e. The molecule has 3 nitrogen and oxygen atoms in total. The van der Waals surface area contributed by atoms with Crippen LogP contribution in [0.25, 0.3) is 0 Å². The van der Waals surface area contributed by atoms with Gasteiger partial charge in [-0.25, -0.2) is 0 Å². The predicted octanol–water partition coefficient (Wildman–Crippen LogP) is 8.51. The van der Waals surface area contributed by atoms with Gasteiger partial charge in [-0.3, -0.25) is 0 Å². The van der Waals surface area contributed by atoms with Crippen molar-refractivity contribution in [3.63, 3.8) is 0 Å². The fourth-order valence-electron chi connectivity index (χ4n) is 13.0. The van der Waals surface area contributed by atoms with Gasteiger partial charge in [-0.1, -0.05) is 0 Å². The molecule has 12 aliphatic carbocycles. The largest absolute Gasteiger partial charge is 0.358 e. The molecule has 0 radical (unpaired) electrons. The van der Waals surface area contributed by atoms with Crippen LogP contribution in [-0.4, -0.2) is 16.6 Å². The monoisotopic (exact) mass is 649 g/mol. The first-order chi connectivity index (χ1) is 16.5. The van der Waals surface area contributed by atoms with E-state index in [0.717, 1.165) is 53.3 Å². The van der Waals surface area contributed by atoms with Crippen LogP contribution in [0.3, 0.4) is 0 Å². The summed E-state index contributed by atoms with van der Waals surface area (Å²) in [6.07, 6.45) is 26.6. The van der Waals surface area contributed by atoms with Crippen molar-refractivity contribution in [2.75, 3.05) is 0 Å². The number of nitrogens with zero attached hydrogens (tertiary/aromatic N) is 3. The quantitative estimate of drug-likeness (QED) is 0.275. The molecule has 0 spiro atoms. The molecule has 0 unspecified atom stereocenters. The molecule has 0 aromatic rings. The predicted molar refractivity (Wildman–Crippen MR) is 136 cm³/mol. The molecule has 0 aromatic carbocycles. The summed E-state index contributed by atoms with van der Waals surface area (Å²) >= 11 is -2.44. The Bertz CT molecular complexity index is 814. The van der Waals surface area contributed by atoms with Crippen molar-refractivity contribution >= 4 is 0 Å². The first kappa shape index (κ1) is 23.0. The maximum absolute atomic E-state index is 6.07. The van der Waals surface area contributed by atoms with Gasteiger partial charge in [0.15, 0.2) is 0 Å². The van der Waals surface area contributed by atoms with E-state index in [2.05, 4.69) is 0 Å². The van der Waals surface area contributed by atoms with E-state index in [1.165, 1.54) is 116 Å². The van der Waals surface area contributed by atoms with E-state index in [-0.39, 0.29) is 7.43 Å². The average molecular weight is 649 g/mol. The maximum atomic E-state index is 6.07. The number of rotatable bonds is 3. The number of hydrogen-bond donors (Lipinski definition) is 0. The van der Waals surface area contributed by atoms with Gasteiger partial charge < -0.3 is 7.43 Å². The molecular weight excluding hydrogens is 601 g/mol. The number of hydrogen-bond acceptors (Lipinski definition) is 3. The fourth-order valence-corrected chi connectivity index (χ4v) is 19.1. The topological polar surface area (TPSA) is 37.1 Å². The third-order valence-electron chi connectivity index (χ3n) is 12.8. The Hall–Kier alpha value is 0.0623. The zero-order valence-corrected chi connectivity index (χ0v) is 24.9. The van der Waals surface area contributed by atoms with Crippen LogP contribution in [0, 0.1) is 60.7 Å². The van der Waals surface area contributed by atoms with Gasteiger partial charge >= 0.3 is 212 Å². The van der Waals surface area contributed by atoms with Crippen LogP contribution < -0.4 is 0 Å². The van der Waals surface area contributed by atoms with E-state index in [4.69, 9.17) is 10.7 Å². The third-order valence-corrected chi connectivity index (χ3v) is 18.3. The molecule has 0 atom stereocenters. The molecule has 35 heavy (non-hydrogen) atoms. The first-order valence-corrected chi connectivity index (χ1v) is 19.0. The van der Waals surface area contributed by atoms with Crippen LogP contribution in [0.1, 0.15) is 116 Å². The second-order valence-corrected chi connectivity index (χ2v) is 19.4. The molecule has 0 aromatic heterocycles. The summed E-state index contributed by atoms with van der Waals surface area (Å²) in [5.41, 5.74) is 0.988. The molecule has 4 heteroatoms. The molecule has 12 saturated carbocycles. The summed E-state index contributed by atoms with van der Waals surface area (Å²) in [5.74, 6) is 8.97. The van der Waals surface area contributed by atoms with Crippen LogP contribution in [0.15, 0.2) is 10.7 Å². The molecule has 195 valence electrons. The van der Waals surface area contributed by atoms with Crippen LogP contribution in [0.2, 0.25) is 0 Å². The second kappa shape index (κ2) is 7.81. The fraction of sp³-hybridized carbons (Fsp3) is 0.968. The van der Waals surface area contributed by atoms with E-state index in [1.807, 2.05) is 0 Å². The minimum Gasteiger partial charge on any atom is -0.358 e. The smallest absolute Gasteiger partial charge is 0.358 e. The van der Waals surface area contributed by atoms with Crippen molar-refractivity contribution in [2.24, 2.45) is 64.0 Å². The van der Waals surface area contributed by atoms with Crippen molar-refractivity contribution in [1.82, 2.24) is 0 Å².